The second-order valence-electron chi connectivity index (χ2n) is 7.02. The number of H-pyrrole nitrogens is 2. The van der Waals surface area contributed by atoms with Gasteiger partial charge in [-0.3, -0.25) is 9.78 Å². The number of allylic oxidation sites excluding steroid dienone is 1. The molecule has 0 unspecified atom stereocenters. The third-order valence-corrected chi connectivity index (χ3v) is 4.60. The summed E-state index contributed by atoms with van der Waals surface area (Å²) in [6.07, 6.45) is 9.28. The molecule has 1 atom stereocenters. The second-order valence-corrected chi connectivity index (χ2v) is 7.02. The topological polar surface area (TPSA) is 104 Å². The Morgan fingerprint density at radius 1 is 1.50 bits per heavy atom. The molecule has 0 saturated carbocycles. The Hall–Kier alpha value is -3.34. The summed E-state index contributed by atoms with van der Waals surface area (Å²) < 4.78 is 6.14. The summed E-state index contributed by atoms with van der Waals surface area (Å²) in [4.78, 5) is 32.5. The standard InChI is InChI=1S/C20H23N5O3/c1-5-6-7-14-10-16(17-22-20(27)24-23-17)21-18(13(14)4)28-15-8-9-25(11-15)19(26)12(2)3/h1,6-7,10,12,15H,8-9,11H2,2-4H3,(H2,22,23,24,27)/b7-6-/t15-/m0/s1. The van der Waals surface area contributed by atoms with Crippen molar-refractivity contribution in [3.05, 3.63) is 33.8 Å². The van der Waals surface area contributed by atoms with Crippen LogP contribution < -0.4 is 10.4 Å². The molecule has 2 aromatic rings. The lowest BCUT2D eigenvalue weighted by Crippen LogP contribution is -2.34. The van der Waals surface area contributed by atoms with Crippen LogP contribution in [0.3, 0.4) is 0 Å². The molecule has 3 rings (SSSR count). The lowest BCUT2D eigenvalue weighted by molar-refractivity contribution is -0.133. The van der Waals surface area contributed by atoms with E-state index in [1.165, 1.54) is 0 Å². The van der Waals surface area contributed by atoms with Crippen molar-refractivity contribution in [1.82, 2.24) is 25.1 Å². The molecule has 1 aliphatic rings. The number of nitrogens with zero attached hydrogens (tertiary/aromatic N) is 3. The highest BCUT2D eigenvalue weighted by atomic mass is 16.5. The van der Waals surface area contributed by atoms with Crippen molar-refractivity contribution in [3.63, 3.8) is 0 Å². The SMILES string of the molecule is C#C/C=C\c1cc(-c2n[nH]c(=O)[nH]2)nc(O[C@H]2CCN(C(=O)C(C)C)C2)c1C. The fourth-order valence-electron chi connectivity index (χ4n) is 3.09. The lowest BCUT2D eigenvalue weighted by Gasteiger charge is -2.20. The normalized spacial score (nSPS) is 16.7. The van der Waals surface area contributed by atoms with Crippen molar-refractivity contribution >= 4 is 12.0 Å². The van der Waals surface area contributed by atoms with E-state index >= 15 is 0 Å². The van der Waals surface area contributed by atoms with E-state index in [9.17, 15) is 9.59 Å². The second kappa shape index (κ2) is 8.13. The minimum absolute atomic E-state index is 0.0427. The van der Waals surface area contributed by atoms with Crippen LogP contribution in [0.25, 0.3) is 17.6 Å². The Morgan fingerprint density at radius 3 is 2.93 bits per heavy atom. The molecule has 2 aromatic heterocycles. The molecule has 0 aliphatic carbocycles. The number of ether oxygens (including phenoxy) is 1. The zero-order chi connectivity index (χ0) is 20.3. The van der Waals surface area contributed by atoms with Crippen LogP contribution >= 0.6 is 0 Å². The van der Waals surface area contributed by atoms with Gasteiger partial charge in [-0.15, -0.1) is 6.42 Å². The Bertz CT molecular complexity index is 996. The van der Waals surface area contributed by atoms with Crippen molar-refractivity contribution < 1.29 is 9.53 Å². The number of aromatic amines is 2. The summed E-state index contributed by atoms with van der Waals surface area (Å²) in [7, 11) is 0. The number of carbonyl (C=O) groups is 1. The highest BCUT2D eigenvalue weighted by Gasteiger charge is 2.29. The number of amides is 1. The van der Waals surface area contributed by atoms with E-state index in [0.717, 1.165) is 17.5 Å². The van der Waals surface area contributed by atoms with Crippen molar-refractivity contribution in [1.29, 1.82) is 0 Å². The molecule has 0 aromatic carbocycles. The Morgan fingerprint density at radius 2 is 2.29 bits per heavy atom. The van der Waals surface area contributed by atoms with Gasteiger partial charge in [0.25, 0.3) is 0 Å². The van der Waals surface area contributed by atoms with E-state index in [4.69, 9.17) is 11.2 Å². The molecule has 1 amide bonds. The maximum atomic E-state index is 12.2. The van der Waals surface area contributed by atoms with Crippen LogP contribution in [0.2, 0.25) is 0 Å². The number of likely N-dealkylation sites (tertiary alicyclic amines) is 1. The van der Waals surface area contributed by atoms with Gasteiger partial charge in [0, 0.05) is 24.4 Å². The highest BCUT2D eigenvalue weighted by Crippen LogP contribution is 2.28. The number of pyridine rings is 1. The zero-order valence-electron chi connectivity index (χ0n) is 16.2. The van der Waals surface area contributed by atoms with Gasteiger partial charge < -0.3 is 9.64 Å². The fraction of sp³-hybridized carbons (Fsp3) is 0.400. The quantitative estimate of drug-likeness (QED) is 0.768. The average Bonchev–Trinajstić information content (AvgIpc) is 3.30. The number of hydrogen-bond donors (Lipinski definition) is 2. The van der Waals surface area contributed by atoms with E-state index in [1.807, 2.05) is 25.7 Å². The van der Waals surface area contributed by atoms with Crippen LogP contribution in [-0.2, 0) is 4.79 Å². The predicted molar refractivity (Wildman–Crippen MR) is 105 cm³/mol. The Kier molecular flexibility index (Phi) is 5.64. The van der Waals surface area contributed by atoms with Crippen molar-refractivity contribution in [2.24, 2.45) is 5.92 Å². The van der Waals surface area contributed by atoms with E-state index in [1.54, 1.807) is 18.2 Å². The summed E-state index contributed by atoms with van der Waals surface area (Å²) in [6, 6.07) is 1.78. The van der Waals surface area contributed by atoms with E-state index < -0.39 is 5.69 Å². The van der Waals surface area contributed by atoms with Gasteiger partial charge in [-0.1, -0.05) is 19.8 Å². The first-order chi connectivity index (χ1) is 13.4. The minimum atomic E-state index is -0.417. The first kappa shape index (κ1) is 19.4. The molecule has 1 aliphatic heterocycles. The third-order valence-electron chi connectivity index (χ3n) is 4.60. The molecule has 146 valence electrons. The van der Waals surface area contributed by atoms with Crippen molar-refractivity contribution in [2.45, 2.75) is 33.3 Å². The van der Waals surface area contributed by atoms with E-state index in [2.05, 4.69) is 26.1 Å². The summed E-state index contributed by atoms with van der Waals surface area (Å²) in [5.41, 5.74) is 1.68. The minimum Gasteiger partial charge on any atom is -0.472 e. The smallest absolute Gasteiger partial charge is 0.340 e. The van der Waals surface area contributed by atoms with Gasteiger partial charge in [0.1, 0.15) is 11.8 Å². The van der Waals surface area contributed by atoms with Gasteiger partial charge in [-0.25, -0.2) is 14.9 Å². The van der Waals surface area contributed by atoms with Crippen LogP contribution in [-0.4, -0.2) is 50.2 Å². The van der Waals surface area contributed by atoms with E-state index in [-0.39, 0.29) is 17.9 Å². The van der Waals surface area contributed by atoms with Crippen molar-refractivity contribution in [2.75, 3.05) is 13.1 Å². The molecular weight excluding hydrogens is 358 g/mol. The lowest BCUT2D eigenvalue weighted by atomic mass is 10.1. The fourth-order valence-corrected chi connectivity index (χ4v) is 3.09. The average molecular weight is 381 g/mol. The van der Waals surface area contributed by atoms with Gasteiger partial charge in [-0.05, 0) is 30.7 Å². The molecule has 1 fully saturated rings. The zero-order valence-corrected chi connectivity index (χ0v) is 16.2. The first-order valence-electron chi connectivity index (χ1n) is 9.14. The number of carbonyl (C=O) groups excluding carboxylic acids is 1. The molecule has 28 heavy (non-hydrogen) atoms. The number of hydrogen-bond acceptors (Lipinski definition) is 5. The molecule has 1 saturated heterocycles. The van der Waals surface area contributed by atoms with Crippen LogP contribution in [0.5, 0.6) is 5.88 Å². The third kappa shape index (κ3) is 4.14. The molecule has 0 radical (unpaired) electrons. The van der Waals surface area contributed by atoms with Crippen molar-refractivity contribution in [3.8, 4) is 29.7 Å². The Balaban J connectivity index is 1.89. The maximum absolute atomic E-state index is 12.2. The number of aromatic nitrogens is 4. The maximum Gasteiger partial charge on any atom is 0.340 e. The number of nitrogens with one attached hydrogen (secondary N) is 2. The summed E-state index contributed by atoms with van der Waals surface area (Å²) in [5, 5.41) is 6.27. The van der Waals surface area contributed by atoms with Gasteiger partial charge in [0.05, 0.1) is 6.54 Å². The molecule has 8 heteroatoms. The van der Waals surface area contributed by atoms with E-state index in [0.29, 0.717) is 30.5 Å². The summed E-state index contributed by atoms with van der Waals surface area (Å²) >= 11 is 0. The highest BCUT2D eigenvalue weighted by molar-refractivity contribution is 5.78. The van der Waals surface area contributed by atoms with Crippen LogP contribution in [0.15, 0.2) is 16.9 Å². The monoisotopic (exact) mass is 381 g/mol. The van der Waals surface area contributed by atoms with Crippen LogP contribution in [0.1, 0.15) is 31.4 Å². The van der Waals surface area contributed by atoms with Crippen LogP contribution in [0.4, 0.5) is 0 Å². The number of terminal acetylenes is 1. The largest absolute Gasteiger partial charge is 0.472 e. The van der Waals surface area contributed by atoms with Gasteiger partial charge in [0.2, 0.25) is 11.8 Å². The van der Waals surface area contributed by atoms with Gasteiger partial charge in [0.15, 0.2) is 5.82 Å². The Labute approximate surface area is 163 Å². The molecule has 0 bridgehead atoms. The molecular formula is C20H23N5O3. The number of rotatable bonds is 5. The molecule has 8 nitrogen and oxygen atoms in total. The van der Waals surface area contributed by atoms with Gasteiger partial charge in [-0.2, -0.15) is 5.10 Å². The molecule has 2 N–H and O–H groups in total. The summed E-state index contributed by atoms with van der Waals surface area (Å²) in [6.45, 7) is 6.86. The predicted octanol–water partition coefficient (Wildman–Crippen LogP) is 1.75. The molecule has 0 spiro atoms. The van der Waals surface area contributed by atoms with Crippen LogP contribution in [0, 0.1) is 25.2 Å². The van der Waals surface area contributed by atoms with Gasteiger partial charge >= 0.3 is 5.69 Å². The first-order valence-corrected chi connectivity index (χ1v) is 9.14. The summed E-state index contributed by atoms with van der Waals surface area (Å²) in [5.74, 6) is 3.29. The molecule has 3 heterocycles.